The van der Waals surface area contributed by atoms with Crippen molar-refractivity contribution in [3.63, 3.8) is 0 Å². The van der Waals surface area contributed by atoms with Crippen molar-refractivity contribution in [3.05, 3.63) is 42.0 Å². The van der Waals surface area contributed by atoms with E-state index in [0.717, 1.165) is 55.0 Å². The molecule has 0 saturated carbocycles. The van der Waals surface area contributed by atoms with Gasteiger partial charge in [-0.25, -0.2) is 4.98 Å². The highest BCUT2D eigenvalue weighted by molar-refractivity contribution is 7.22. The molecule has 5 rings (SSSR count). The number of amides is 1. The second kappa shape index (κ2) is 10.4. The number of hydrogen-bond donors (Lipinski definition) is 0. The molecule has 9 heteroatoms. The number of hydrogen-bond acceptors (Lipinski definition) is 8. The van der Waals surface area contributed by atoms with Gasteiger partial charge in [0, 0.05) is 26.2 Å². The number of rotatable bonds is 7. The minimum Gasteiger partial charge on any atom is -0.494 e. The van der Waals surface area contributed by atoms with Crippen LogP contribution in [-0.4, -0.2) is 74.5 Å². The van der Waals surface area contributed by atoms with Gasteiger partial charge in [-0.2, -0.15) is 0 Å². The third kappa shape index (κ3) is 4.94. The van der Waals surface area contributed by atoms with Crippen LogP contribution in [0.1, 0.15) is 18.9 Å². The Morgan fingerprint density at radius 2 is 1.91 bits per heavy atom. The molecule has 0 aliphatic carbocycles. The monoisotopic (exact) mass is 497 g/mol. The average Bonchev–Trinajstić information content (AvgIpc) is 3.33. The van der Waals surface area contributed by atoms with Crippen LogP contribution in [0.25, 0.3) is 10.2 Å². The lowest BCUT2D eigenvalue weighted by molar-refractivity contribution is -0.130. The summed E-state index contributed by atoms with van der Waals surface area (Å²) in [5.74, 6) is 1.79. The van der Waals surface area contributed by atoms with E-state index >= 15 is 0 Å². The number of methoxy groups -OCH3 is 1. The molecule has 2 unspecified atom stereocenters. The zero-order valence-electron chi connectivity index (χ0n) is 20.4. The van der Waals surface area contributed by atoms with Crippen molar-refractivity contribution in [1.29, 1.82) is 0 Å². The number of nitrogens with zero attached hydrogens (tertiary/aromatic N) is 3. The summed E-state index contributed by atoms with van der Waals surface area (Å²) in [5.41, 5.74) is 1.88. The van der Waals surface area contributed by atoms with Crippen molar-refractivity contribution in [1.82, 2.24) is 9.88 Å². The molecule has 3 aromatic rings. The summed E-state index contributed by atoms with van der Waals surface area (Å²) in [5, 5.41) is 0.647. The van der Waals surface area contributed by atoms with Gasteiger partial charge in [-0.15, -0.1) is 0 Å². The van der Waals surface area contributed by atoms with Crippen molar-refractivity contribution in [2.75, 3.05) is 51.4 Å². The SMILES string of the molecule is COc1ccc(C)c2sc(N(CCCN3CCOCC3)C(=O)C3Oc4ccccc4OC3C)nc12. The van der Waals surface area contributed by atoms with Crippen LogP contribution in [0.5, 0.6) is 17.2 Å². The van der Waals surface area contributed by atoms with E-state index in [1.165, 1.54) is 11.3 Å². The number of morpholine rings is 1. The van der Waals surface area contributed by atoms with Crippen molar-refractivity contribution >= 4 is 32.6 Å². The van der Waals surface area contributed by atoms with Gasteiger partial charge >= 0.3 is 0 Å². The Bertz CT molecular complexity index is 1190. The Kier molecular flexibility index (Phi) is 7.08. The maximum atomic E-state index is 13.9. The molecule has 0 spiro atoms. The van der Waals surface area contributed by atoms with Crippen LogP contribution in [0.15, 0.2) is 36.4 Å². The standard InChI is InChI=1S/C26H31N3O5S/c1-17-9-10-21(31-3)22-24(17)35-26(27-22)29(12-6-11-28-13-15-32-16-14-28)25(30)23-18(2)33-19-7-4-5-8-20(19)34-23/h4-5,7-10,18,23H,6,11-16H2,1-3H3. The number of carbonyl (C=O) groups is 1. The van der Waals surface area contributed by atoms with Crippen LogP contribution >= 0.6 is 11.3 Å². The van der Waals surface area contributed by atoms with Gasteiger partial charge in [-0.1, -0.05) is 29.5 Å². The van der Waals surface area contributed by atoms with E-state index in [0.29, 0.717) is 28.9 Å². The maximum absolute atomic E-state index is 13.9. The molecular weight excluding hydrogens is 466 g/mol. The predicted octanol–water partition coefficient (Wildman–Crippen LogP) is 3.90. The number of thiazole rings is 1. The van der Waals surface area contributed by atoms with Gasteiger partial charge in [0.15, 0.2) is 16.6 Å². The highest BCUT2D eigenvalue weighted by Crippen LogP contribution is 2.38. The fourth-order valence-electron chi connectivity index (χ4n) is 4.50. The Balaban J connectivity index is 1.43. The third-order valence-corrected chi connectivity index (χ3v) is 7.67. The summed E-state index contributed by atoms with van der Waals surface area (Å²) in [6, 6.07) is 11.4. The molecule has 1 aromatic heterocycles. The quantitative estimate of drug-likeness (QED) is 0.490. The number of para-hydroxylation sites is 2. The molecule has 0 N–H and O–H groups in total. The first-order valence-electron chi connectivity index (χ1n) is 12.0. The second-order valence-corrected chi connectivity index (χ2v) is 9.84. The van der Waals surface area contributed by atoms with Crippen LogP contribution in [0.2, 0.25) is 0 Å². The molecule has 0 radical (unpaired) electrons. The van der Waals surface area contributed by atoms with Gasteiger partial charge in [-0.05, 0) is 44.0 Å². The largest absolute Gasteiger partial charge is 0.494 e. The summed E-state index contributed by atoms with van der Waals surface area (Å²) in [7, 11) is 1.64. The number of anilines is 1. The van der Waals surface area contributed by atoms with Crippen LogP contribution in [-0.2, 0) is 9.53 Å². The number of carbonyl (C=O) groups excluding carboxylic acids is 1. The van der Waals surface area contributed by atoms with Crippen molar-refractivity contribution < 1.29 is 23.7 Å². The lowest BCUT2D eigenvalue weighted by Crippen LogP contribution is -2.51. The van der Waals surface area contributed by atoms with Crippen LogP contribution < -0.4 is 19.1 Å². The highest BCUT2D eigenvalue weighted by atomic mass is 32.1. The molecule has 8 nitrogen and oxygen atoms in total. The topological polar surface area (TPSA) is 73.4 Å². The molecule has 186 valence electrons. The molecule has 0 bridgehead atoms. The molecule has 1 saturated heterocycles. The van der Waals surface area contributed by atoms with Gasteiger partial charge < -0.3 is 18.9 Å². The van der Waals surface area contributed by atoms with Gasteiger partial charge in [-0.3, -0.25) is 14.6 Å². The first kappa shape index (κ1) is 23.8. The maximum Gasteiger partial charge on any atom is 0.273 e. The lowest BCUT2D eigenvalue weighted by Gasteiger charge is -2.34. The van der Waals surface area contributed by atoms with Gasteiger partial charge in [0.25, 0.3) is 5.91 Å². The molecule has 1 fully saturated rings. The normalized spacial score (nSPS) is 20.1. The van der Waals surface area contributed by atoms with Crippen molar-refractivity contribution in [2.24, 2.45) is 0 Å². The summed E-state index contributed by atoms with van der Waals surface area (Å²) in [6.45, 7) is 8.68. The summed E-state index contributed by atoms with van der Waals surface area (Å²) >= 11 is 1.51. The lowest BCUT2D eigenvalue weighted by atomic mass is 10.1. The van der Waals surface area contributed by atoms with Crippen molar-refractivity contribution in [3.8, 4) is 17.2 Å². The molecule has 3 heterocycles. The minimum atomic E-state index is -0.761. The summed E-state index contributed by atoms with van der Waals surface area (Å²) in [6.07, 6.45) is -0.371. The van der Waals surface area contributed by atoms with Gasteiger partial charge in [0.05, 0.1) is 25.0 Å². The summed E-state index contributed by atoms with van der Waals surface area (Å²) in [4.78, 5) is 22.9. The number of aryl methyl sites for hydroxylation is 1. The Morgan fingerprint density at radius 1 is 1.17 bits per heavy atom. The smallest absolute Gasteiger partial charge is 0.273 e. The minimum absolute atomic E-state index is 0.148. The van der Waals surface area contributed by atoms with E-state index in [-0.39, 0.29) is 5.91 Å². The first-order valence-corrected chi connectivity index (χ1v) is 12.8. The Morgan fingerprint density at radius 3 is 2.66 bits per heavy atom. The zero-order chi connectivity index (χ0) is 24.4. The van der Waals surface area contributed by atoms with E-state index in [1.54, 1.807) is 12.0 Å². The second-order valence-electron chi connectivity index (χ2n) is 8.86. The molecular formula is C26H31N3O5S. The molecule has 2 aromatic carbocycles. The fourth-order valence-corrected chi connectivity index (χ4v) is 5.58. The molecule has 35 heavy (non-hydrogen) atoms. The van der Waals surface area contributed by atoms with E-state index in [4.69, 9.17) is 23.9 Å². The van der Waals surface area contributed by atoms with E-state index in [9.17, 15) is 4.79 Å². The highest BCUT2D eigenvalue weighted by Gasteiger charge is 2.38. The van der Waals surface area contributed by atoms with Gasteiger partial charge in [0.1, 0.15) is 17.4 Å². The van der Waals surface area contributed by atoms with Crippen LogP contribution in [0.4, 0.5) is 5.13 Å². The molecule has 2 aliphatic heterocycles. The predicted molar refractivity (Wildman–Crippen MR) is 136 cm³/mol. The summed E-state index contributed by atoms with van der Waals surface area (Å²) < 4.78 is 24.2. The zero-order valence-corrected chi connectivity index (χ0v) is 21.2. The molecule has 2 atom stereocenters. The Labute approximate surface area is 209 Å². The molecule has 2 aliphatic rings. The van der Waals surface area contributed by atoms with Crippen LogP contribution in [0, 0.1) is 6.92 Å². The number of aromatic nitrogens is 1. The molecule has 1 amide bonds. The number of ether oxygens (including phenoxy) is 4. The van der Waals surface area contributed by atoms with Gasteiger partial charge in [0.2, 0.25) is 6.10 Å². The Hall–Kier alpha value is -2.88. The van der Waals surface area contributed by atoms with E-state index in [2.05, 4.69) is 4.90 Å². The van der Waals surface area contributed by atoms with Crippen molar-refractivity contribution in [2.45, 2.75) is 32.5 Å². The number of benzene rings is 2. The van der Waals surface area contributed by atoms with Crippen LogP contribution in [0.3, 0.4) is 0 Å². The number of fused-ring (bicyclic) bond motifs is 2. The average molecular weight is 498 g/mol. The van der Waals surface area contributed by atoms with E-state index < -0.39 is 12.2 Å². The fraction of sp³-hybridized carbons (Fsp3) is 0.462. The third-order valence-electron chi connectivity index (χ3n) is 6.45. The van der Waals surface area contributed by atoms with E-state index in [1.807, 2.05) is 50.2 Å². The first-order chi connectivity index (χ1) is 17.0.